The van der Waals surface area contributed by atoms with Gasteiger partial charge in [-0.3, -0.25) is 9.59 Å². The first-order valence-corrected chi connectivity index (χ1v) is 6.77. The Hall–Kier alpha value is -2.09. The standard InChI is InChI=1S/C12H13N3O4S/c1-7-3-9(15-19-7)6-20-12-13-8(4-10(16)14-12)5-11(17)18-2/h3-4H,5-6H2,1-2H3,(H,13,14,16). The number of aromatic amines is 1. The highest BCUT2D eigenvalue weighted by molar-refractivity contribution is 7.98. The molecule has 0 saturated heterocycles. The van der Waals surface area contributed by atoms with Crippen molar-refractivity contribution in [3.05, 3.63) is 39.6 Å². The van der Waals surface area contributed by atoms with Crippen LogP contribution in [-0.4, -0.2) is 28.2 Å². The Labute approximate surface area is 118 Å². The van der Waals surface area contributed by atoms with Gasteiger partial charge in [-0.1, -0.05) is 16.9 Å². The molecule has 0 radical (unpaired) electrons. The van der Waals surface area contributed by atoms with Crippen LogP contribution in [0.2, 0.25) is 0 Å². The number of aryl methyl sites for hydroxylation is 1. The summed E-state index contributed by atoms with van der Waals surface area (Å²) in [6, 6.07) is 3.09. The van der Waals surface area contributed by atoms with Gasteiger partial charge >= 0.3 is 5.97 Å². The van der Waals surface area contributed by atoms with Crippen molar-refractivity contribution in [1.29, 1.82) is 0 Å². The van der Waals surface area contributed by atoms with Gasteiger partial charge in [-0.15, -0.1) is 0 Å². The Bertz CT molecular complexity index is 665. The maximum absolute atomic E-state index is 11.5. The predicted molar refractivity (Wildman–Crippen MR) is 71.4 cm³/mol. The number of carbonyl (C=O) groups is 1. The molecule has 2 aromatic rings. The number of carbonyl (C=O) groups excluding carboxylic acids is 1. The second-order valence-corrected chi connectivity index (χ2v) is 4.98. The number of H-pyrrole nitrogens is 1. The third-order valence-electron chi connectivity index (χ3n) is 2.36. The molecule has 0 unspecified atom stereocenters. The highest BCUT2D eigenvalue weighted by atomic mass is 32.2. The maximum atomic E-state index is 11.5. The van der Waals surface area contributed by atoms with E-state index in [1.807, 2.05) is 6.07 Å². The summed E-state index contributed by atoms with van der Waals surface area (Å²) >= 11 is 1.31. The van der Waals surface area contributed by atoms with E-state index in [9.17, 15) is 9.59 Å². The summed E-state index contributed by atoms with van der Waals surface area (Å²) in [4.78, 5) is 29.5. The number of hydrogen-bond donors (Lipinski definition) is 1. The zero-order chi connectivity index (χ0) is 14.5. The van der Waals surface area contributed by atoms with Crippen LogP contribution in [0, 0.1) is 6.92 Å². The van der Waals surface area contributed by atoms with E-state index in [2.05, 4.69) is 19.9 Å². The van der Waals surface area contributed by atoms with Crippen LogP contribution in [0.5, 0.6) is 0 Å². The van der Waals surface area contributed by atoms with E-state index < -0.39 is 5.97 Å². The summed E-state index contributed by atoms with van der Waals surface area (Å²) in [5.74, 6) is 0.801. The zero-order valence-corrected chi connectivity index (χ0v) is 11.8. The number of nitrogens with one attached hydrogen (secondary N) is 1. The van der Waals surface area contributed by atoms with Gasteiger partial charge < -0.3 is 14.2 Å². The minimum absolute atomic E-state index is 0.0307. The number of hydrogen-bond acceptors (Lipinski definition) is 7. The summed E-state index contributed by atoms with van der Waals surface area (Å²) < 4.78 is 9.50. The van der Waals surface area contributed by atoms with Crippen molar-refractivity contribution in [2.75, 3.05) is 7.11 Å². The summed E-state index contributed by atoms with van der Waals surface area (Å²) in [5, 5.41) is 4.28. The van der Waals surface area contributed by atoms with E-state index in [4.69, 9.17) is 4.52 Å². The third kappa shape index (κ3) is 3.95. The van der Waals surface area contributed by atoms with Crippen LogP contribution in [0.4, 0.5) is 0 Å². The van der Waals surface area contributed by atoms with Crippen molar-refractivity contribution in [2.24, 2.45) is 0 Å². The first-order chi connectivity index (χ1) is 9.56. The minimum atomic E-state index is -0.439. The van der Waals surface area contributed by atoms with Gasteiger partial charge in [-0.25, -0.2) is 4.98 Å². The van der Waals surface area contributed by atoms with Crippen LogP contribution in [0.1, 0.15) is 17.1 Å². The molecule has 106 valence electrons. The quantitative estimate of drug-likeness (QED) is 0.500. The van der Waals surface area contributed by atoms with Crippen molar-refractivity contribution >= 4 is 17.7 Å². The van der Waals surface area contributed by atoms with E-state index in [-0.39, 0.29) is 12.0 Å². The zero-order valence-electron chi connectivity index (χ0n) is 11.0. The molecule has 1 N–H and O–H groups in total. The molecule has 0 aliphatic carbocycles. The van der Waals surface area contributed by atoms with Crippen molar-refractivity contribution < 1.29 is 14.1 Å². The van der Waals surface area contributed by atoms with Crippen LogP contribution in [0.25, 0.3) is 0 Å². The Balaban J connectivity index is 2.07. The average Bonchev–Trinajstić information content (AvgIpc) is 2.81. The van der Waals surface area contributed by atoms with Crippen LogP contribution < -0.4 is 5.56 Å². The summed E-state index contributed by atoms with van der Waals surface area (Å²) in [5.41, 5.74) is 0.825. The van der Waals surface area contributed by atoms with Crippen molar-refractivity contribution in [1.82, 2.24) is 15.1 Å². The lowest BCUT2D eigenvalue weighted by Crippen LogP contribution is -2.13. The van der Waals surface area contributed by atoms with Gasteiger partial charge in [-0.05, 0) is 6.92 Å². The summed E-state index contributed by atoms with van der Waals surface area (Å²) in [6.07, 6.45) is -0.0307. The lowest BCUT2D eigenvalue weighted by Gasteiger charge is -2.02. The van der Waals surface area contributed by atoms with Gasteiger partial charge in [-0.2, -0.15) is 0 Å². The van der Waals surface area contributed by atoms with Gasteiger partial charge in [0.15, 0.2) is 5.16 Å². The average molecular weight is 295 g/mol. The number of rotatable bonds is 5. The molecule has 2 rings (SSSR count). The normalized spacial score (nSPS) is 10.5. The van der Waals surface area contributed by atoms with Gasteiger partial charge in [0, 0.05) is 17.9 Å². The Kier molecular flexibility index (Phi) is 4.57. The van der Waals surface area contributed by atoms with E-state index >= 15 is 0 Å². The maximum Gasteiger partial charge on any atom is 0.311 e. The number of aromatic nitrogens is 3. The fraction of sp³-hybridized carbons (Fsp3) is 0.333. The predicted octanol–water partition coefficient (Wildman–Crippen LogP) is 1.07. The van der Waals surface area contributed by atoms with Gasteiger partial charge in [0.05, 0.1) is 24.9 Å². The van der Waals surface area contributed by atoms with Crippen molar-refractivity contribution in [2.45, 2.75) is 24.3 Å². The first kappa shape index (κ1) is 14.3. The smallest absolute Gasteiger partial charge is 0.311 e. The first-order valence-electron chi connectivity index (χ1n) is 5.79. The summed E-state index contributed by atoms with van der Waals surface area (Å²) in [6.45, 7) is 1.80. The van der Waals surface area contributed by atoms with Gasteiger partial charge in [0.1, 0.15) is 5.76 Å². The van der Waals surface area contributed by atoms with Crippen LogP contribution >= 0.6 is 11.8 Å². The molecule has 0 fully saturated rings. The van der Waals surface area contributed by atoms with Crippen LogP contribution in [0.3, 0.4) is 0 Å². The SMILES string of the molecule is COC(=O)Cc1cc(=O)[nH]c(SCc2cc(C)on2)n1. The second kappa shape index (κ2) is 6.38. The molecule has 0 aromatic carbocycles. The molecule has 0 saturated carbocycles. The number of nitrogens with zero attached hydrogens (tertiary/aromatic N) is 2. The summed E-state index contributed by atoms with van der Waals surface area (Å²) in [7, 11) is 1.29. The molecule has 0 aliphatic rings. The second-order valence-electron chi connectivity index (χ2n) is 4.01. The van der Waals surface area contributed by atoms with Crippen molar-refractivity contribution in [3.63, 3.8) is 0 Å². The van der Waals surface area contributed by atoms with E-state index in [0.717, 1.165) is 11.5 Å². The highest BCUT2D eigenvalue weighted by Gasteiger charge is 2.09. The Morgan fingerprint density at radius 3 is 2.90 bits per heavy atom. The Morgan fingerprint density at radius 1 is 1.45 bits per heavy atom. The molecule has 7 nitrogen and oxygen atoms in total. The molecule has 2 aromatic heterocycles. The molecular weight excluding hydrogens is 282 g/mol. The number of methoxy groups -OCH3 is 1. The van der Waals surface area contributed by atoms with E-state index in [1.54, 1.807) is 6.92 Å². The van der Waals surface area contributed by atoms with Crippen molar-refractivity contribution in [3.8, 4) is 0 Å². The molecule has 20 heavy (non-hydrogen) atoms. The van der Waals surface area contributed by atoms with Gasteiger partial charge in [0.25, 0.3) is 5.56 Å². The number of esters is 1. The van der Waals surface area contributed by atoms with Crippen LogP contribution in [0.15, 0.2) is 26.6 Å². The molecule has 2 heterocycles. The lowest BCUT2D eigenvalue weighted by molar-refractivity contribution is -0.139. The molecule has 0 amide bonds. The highest BCUT2D eigenvalue weighted by Crippen LogP contribution is 2.18. The monoisotopic (exact) mass is 295 g/mol. The molecule has 8 heteroatoms. The lowest BCUT2D eigenvalue weighted by atomic mass is 10.3. The van der Waals surface area contributed by atoms with Crippen LogP contribution in [-0.2, 0) is 21.7 Å². The topological polar surface area (TPSA) is 98.1 Å². The molecule has 0 spiro atoms. The molecule has 0 atom stereocenters. The third-order valence-corrected chi connectivity index (χ3v) is 3.27. The number of ether oxygens (including phenoxy) is 1. The fourth-order valence-corrected chi connectivity index (χ4v) is 2.27. The Morgan fingerprint density at radius 2 is 2.25 bits per heavy atom. The largest absolute Gasteiger partial charge is 0.469 e. The molecular formula is C12H13N3O4S. The minimum Gasteiger partial charge on any atom is -0.469 e. The van der Waals surface area contributed by atoms with E-state index in [1.165, 1.54) is 24.9 Å². The van der Waals surface area contributed by atoms with Gasteiger partial charge in [0.2, 0.25) is 0 Å². The molecule has 0 bridgehead atoms. The van der Waals surface area contributed by atoms with E-state index in [0.29, 0.717) is 16.6 Å². The molecule has 0 aliphatic heterocycles. The fourth-order valence-electron chi connectivity index (χ4n) is 1.49. The number of thioether (sulfide) groups is 1.